The van der Waals surface area contributed by atoms with E-state index in [0.29, 0.717) is 0 Å². The maximum Gasteiger partial charge on any atom is 0.269 e. The molecule has 9 nitrogen and oxygen atoms in total. The number of benzene rings is 2. The first-order valence-corrected chi connectivity index (χ1v) is 8.08. The van der Waals surface area contributed by atoms with Gasteiger partial charge in [0.1, 0.15) is 12.2 Å². The molecule has 0 spiro atoms. The van der Waals surface area contributed by atoms with Crippen LogP contribution in [0.25, 0.3) is 0 Å². The van der Waals surface area contributed by atoms with Crippen molar-refractivity contribution >= 4 is 11.4 Å². The summed E-state index contributed by atoms with van der Waals surface area (Å²) in [7, 11) is 3.05. The molecule has 0 aromatic heterocycles. The molecule has 0 radical (unpaired) electrons. The summed E-state index contributed by atoms with van der Waals surface area (Å²) in [5, 5.41) is 21.4. The number of non-ortho nitro benzene ring substituents is 2. The highest BCUT2D eigenvalue weighted by atomic mass is 16.6. The van der Waals surface area contributed by atoms with Crippen molar-refractivity contribution in [2.75, 3.05) is 27.4 Å². The number of rotatable bonds is 10. The van der Waals surface area contributed by atoms with Gasteiger partial charge in [-0.05, 0) is 35.4 Å². The van der Waals surface area contributed by atoms with Gasteiger partial charge >= 0.3 is 0 Å². The second-order valence-electron chi connectivity index (χ2n) is 5.68. The van der Waals surface area contributed by atoms with Gasteiger partial charge in [0.2, 0.25) is 0 Å². The molecule has 0 fully saturated rings. The van der Waals surface area contributed by atoms with Crippen molar-refractivity contribution in [1.82, 2.24) is 0 Å². The molecule has 9 heteroatoms. The van der Waals surface area contributed by atoms with Crippen molar-refractivity contribution in [1.29, 1.82) is 0 Å². The van der Waals surface area contributed by atoms with Crippen molar-refractivity contribution in [2.24, 2.45) is 0 Å². The first kappa shape index (κ1) is 20.4. The Kier molecular flexibility index (Phi) is 7.35. The smallest absolute Gasteiger partial charge is 0.269 e. The molecule has 2 rings (SSSR count). The van der Waals surface area contributed by atoms with E-state index >= 15 is 0 Å². The Morgan fingerprint density at radius 2 is 1.07 bits per heavy atom. The summed E-state index contributed by atoms with van der Waals surface area (Å²) in [6, 6.07) is 12.2. The molecule has 0 amide bonds. The molecule has 0 aliphatic carbocycles. The van der Waals surface area contributed by atoms with Crippen molar-refractivity contribution in [3.8, 4) is 0 Å². The van der Waals surface area contributed by atoms with Gasteiger partial charge in [0, 0.05) is 38.5 Å². The standard InChI is InChI=1S/C18H20N2O7/c1-25-17(13-3-7-15(8-4-13)19(21)22)11-27-12-18(26-2)14-5-9-16(10-6-14)20(23)24/h3-10,17-18H,11-12H2,1-2H3/t17-,18+. The third-order valence-corrected chi connectivity index (χ3v) is 4.06. The summed E-state index contributed by atoms with van der Waals surface area (Å²) in [4.78, 5) is 20.5. The number of nitro groups is 2. The second-order valence-corrected chi connectivity index (χ2v) is 5.68. The monoisotopic (exact) mass is 376 g/mol. The predicted molar refractivity (Wildman–Crippen MR) is 96.5 cm³/mol. The largest absolute Gasteiger partial charge is 0.375 e. The van der Waals surface area contributed by atoms with E-state index in [-0.39, 0.29) is 36.8 Å². The van der Waals surface area contributed by atoms with E-state index in [4.69, 9.17) is 14.2 Å². The van der Waals surface area contributed by atoms with Crippen LogP contribution < -0.4 is 0 Å². The van der Waals surface area contributed by atoms with Crippen molar-refractivity contribution in [3.63, 3.8) is 0 Å². The number of methoxy groups -OCH3 is 2. The molecule has 0 heterocycles. The fourth-order valence-electron chi connectivity index (χ4n) is 2.50. The molecule has 2 aromatic carbocycles. The van der Waals surface area contributed by atoms with Gasteiger partial charge in [-0.1, -0.05) is 0 Å². The second kappa shape index (κ2) is 9.72. The van der Waals surface area contributed by atoms with Crippen LogP contribution in [-0.4, -0.2) is 37.3 Å². The Morgan fingerprint density at radius 1 is 0.741 bits per heavy atom. The van der Waals surface area contributed by atoms with Gasteiger partial charge in [0.05, 0.1) is 23.1 Å². The van der Waals surface area contributed by atoms with Crippen molar-refractivity contribution < 1.29 is 24.1 Å². The van der Waals surface area contributed by atoms with Gasteiger partial charge in [0.15, 0.2) is 0 Å². The molecule has 144 valence electrons. The van der Waals surface area contributed by atoms with Crippen molar-refractivity contribution in [2.45, 2.75) is 12.2 Å². The number of hydrogen-bond donors (Lipinski definition) is 0. The average Bonchev–Trinajstić information content (AvgIpc) is 2.68. The van der Waals surface area contributed by atoms with Gasteiger partial charge in [-0.15, -0.1) is 0 Å². The zero-order chi connectivity index (χ0) is 19.8. The molecular formula is C18H20N2O7. The third kappa shape index (κ3) is 5.55. The summed E-state index contributed by atoms with van der Waals surface area (Å²) in [5.41, 5.74) is 1.53. The Balaban J connectivity index is 1.94. The van der Waals surface area contributed by atoms with E-state index in [9.17, 15) is 20.2 Å². The summed E-state index contributed by atoms with van der Waals surface area (Å²) in [6.45, 7) is 0.447. The number of ether oxygens (including phenoxy) is 3. The van der Waals surface area contributed by atoms with Crippen LogP contribution in [0.2, 0.25) is 0 Å². The van der Waals surface area contributed by atoms with Crippen LogP contribution in [0.5, 0.6) is 0 Å². The highest BCUT2D eigenvalue weighted by Gasteiger charge is 2.16. The van der Waals surface area contributed by atoms with E-state index in [1.807, 2.05) is 0 Å². The lowest BCUT2D eigenvalue weighted by atomic mass is 10.1. The minimum absolute atomic E-state index is 0.00661. The van der Waals surface area contributed by atoms with Gasteiger partial charge in [0.25, 0.3) is 11.4 Å². The summed E-state index contributed by atoms with van der Waals surface area (Å²) >= 11 is 0. The van der Waals surface area contributed by atoms with Crippen LogP contribution in [0, 0.1) is 20.2 Å². The fraction of sp³-hybridized carbons (Fsp3) is 0.333. The number of nitrogens with zero attached hydrogens (tertiary/aromatic N) is 2. The minimum atomic E-state index is -0.463. The highest BCUT2D eigenvalue weighted by molar-refractivity contribution is 5.34. The van der Waals surface area contributed by atoms with Crippen LogP contribution in [-0.2, 0) is 14.2 Å². The Bertz CT molecular complexity index is 697. The molecule has 0 N–H and O–H groups in total. The zero-order valence-corrected chi connectivity index (χ0v) is 14.9. The van der Waals surface area contributed by atoms with Crippen LogP contribution in [0.3, 0.4) is 0 Å². The van der Waals surface area contributed by atoms with Gasteiger partial charge in [-0.2, -0.15) is 0 Å². The lowest BCUT2D eigenvalue weighted by Gasteiger charge is -2.19. The molecule has 0 aliphatic heterocycles. The lowest BCUT2D eigenvalue weighted by Crippen LogP contribution is -2.15. The first-order chi connectivity index (χ1) is 13.0. The molecule has 27 heavy (non-hydrogen) atoms. The molecule has 0 saturated heterocycles. The molecule has 2 atom stereocenters. The third-order valence-electron chi connectivity index (χ3n) is 4.06. The lowest BCUT2D eigenvalue weighted by molar-refractivity contribution is -0.385. The minimum Gasteiger partial charge on any atom is -0.375 e. The van der Waals surface area contributed by atoms with E-state index in [1.165, 1.54) is 38.5 Å². The molecule has 2 aromatic rings. The van der Waals surface area contributed by atoms with E-state index in [0.717, 1.165) is 11.1 Å². The molecular weight excluding hydrogens is 356 g/mol. The predicted octanol–water partition coefficient (Wildman–Crippen LogP) is 3.59. The van der Waals surface area contributed by atoms with E-state index in [2.05, 4.69) is 0 Å². The Morgan fingerprint density at radius 3 is 1.33 bits per heavy atom. The Labute approximate surface area is 155 Å². The van der Waals surface area contributed by atoms with E-state index < -0.39 is 9.85 Å². The molecule has 0 unspecified atom stereocenters. The maximum atomic E-state index is 10.7. The van der Waals surface area contributed by atoms with Gasteiger partial charge in [-0.3, -0.25) is 20.2 Å². The topological polar surface area (TPSA) is 114 Å². The number of hydrogen-bond acceptors (Lipinski definition) is 7. The number of nitro benzene ring substituents is 2. The summed E-state index contributed by atoms with van der Waals surface area (Å²) in [6.07, 6.45) is -0.777. The molecule has 0 saturated carbocycles. The summed E-state index contributed by atoms with van der Waals surface area (Å²) in [5.74, 6) is 0. The SMILES string of the molecule is CO[C@@H](COC[C@@H](OC)c1ccc([N+](=O)[O-])cc1)c1ccc([N+](=O)[O-])cc1. The maximum absolute atomic E-state index is 10.7. The van der Waals surface area contributed by atoms with Crippen LogP contribution >= 0.6 is 0 Å². The quantitative estimate of drug-likeness (QED) is 0.460. The average molecular weight is 376 g/mol. The highest BCUT2D eigenvalue weighted by Crippen LogP contribution is 2.23. The van der Waals surface area contributed by atoms with Crippen LogP contribution in [0.4, 0.5) is 11.4 Å². The summed E-state index contributed by atoms with van der Waals surface area (Å²) < 4.78 is 16.5. The van der Waals surface area contributed by atoms with Gasteiger partial charge < -0.3 is 14.2 Å². The molecule has 0 bridgehead atoms. The Hall–Kier alpha value is -2.88. The van der Waals surface area contributed by atoms with E-state index in [1.54, 1.807) is 24.3 Å². The molecule has 0 aliphatic rings. The normalized spacial score (nSPS) is 13.1. The van der Waals surface area contributed by atoms with Gasteiger partial charge in [-0.25, -0.2) is 0 Å². The van der Waals surface area contributed by atoms with Crippen LogP contribution in [0.1, 0.15) is 23.3 Å². The zero-order valence-electron chi connectivity index (χ0n) is 14.9. The first-order valence-electron chi connectivity index (χ1n) is 8.08. The fourth-order valence-corrected chi connectivity index (χ4v) is 2.50. The van der Waals surface area contributed by atoms with Crippen molar-refractivity contribution in [3.05, 3.63) is 79.9 Å². The van der Waals surface area contributed by atoms with Crippen LogP contribution in [0.15, 0.2) is 48.5 Å².